The molecule has 0 radical (unpaired) electrons. The first-order valence-corrected chi connectivity index (χ1v) is 8.51. The Morgan fingerprint density at radius 1 is 1.15 bits per heavy atom. The Balaban J connectivity index is 1.41. The zero-order chi connectivity index (χ0) is 18.4. The third-order valence-electron chi connectivity index (χ3n) is 4.32. The summed E-state index contributed by atoms with van der Waals surface area (Å²) >= 11 is 0. The Labute approximate surface area is 151 Å². The second kappa shape index (κ2) is 8.32. The van der Waals surface area contributed by atoms with Crippen molar-refractivity contribution in [3.63, 3.8) is 0 Å². The molecule has 7 nitrogen and oxygen atoms in total. The van der Waals surface area contributed by atoms with E-state index in [4.69, 9.17) is 9.68 Å². The smallest absolute Gasteiger partial charge is 0.289 e. The molecule has 0 unspecified atom stereocenters. The van der Waals surface area contributed by atoms with Crippen LogP contribution in [0.5, 0.6) is 0 Å². The number of rotatable bonds is 5. The highest BCUT2D eigenvalue weighted by Gasteiger charge is 2.23. The number of anilines is 1. The van der Waals surface area contributed by atoms with Gasteiger partial charge in [0.1, 0.15) is 0 Å². The van der Waals surface area contributed by atoms with Gasteiger partial charge in [-0.1, -0.05) is 6.07 Å². The van der Waals surface area contributed by atoms with Crippen LogP contribution < -0.4 is 5.32 Å². The lowest BCUT2D eigenvalue weighted by atomic mass is 10.2. The molecule has 0 spiro atoms. The maximum atomic E-state index is 12.2. The molecule has 2 aromatic rings. The minimum Gasteiger partial charge on any atom is -0.459 e. The van der Waals surface area contributed by atoms with Crippen molar-refractivity contribution in [3.05, 3.63) is 54.0 Å². The van der Waals surface area contributed by atoms with Gasteiger partial charge in [-0.25, -0.2) is 0 Å². The SMILES string of the molecule is N#Cc1cccc(NC(=O)CCN2CCN(C(=O)c3ccco3)CC2)c1. The number of amides is 2. The van der Waals surface area contributed by atoms with Crippen LogP contribution in [0.3, 0.4) is 0 Å². The van der Waals surface area contributed by atoms with Crippen LogP contribution in [0.4, 0.5) is 5.69 Å². The fourth-order valence-electron chi connectivity index (χ4n) is 2.88. The summed E-state index contributed by atoms with van der Waals surface area (Å²) < 4.78 is 5.15. The lowest BCUT2D eigenvalue weighted by Gasteiger charge is -2.34. The van der Waals surface area contributed by atoms with Crippen LogP contribution in [0.15, 0.2) is 47.1 Å². The summed E-state index contributed by atoms with van der Waals surface area (Å²) in [7, 11) is 0. The van der Waals surface area contributed by atoms with E-state index in [0.29, 0.717) is 43.1 Å². The zero-order valence-corrected chi connectivity index (χ0v) is 14.4. The van der Waals surface area contributed by atoms with Crippen molar-refractivity contribution in [2.45, 2.75) is 6.42 Å². The van der Waals surface area contributed by atoms with E-state index < -0.39 is 0 Å². The summed E-state index contributed by atoms with van der Waals surface area (Å²) in [6.07, 6.45) is 1.86. The number of nitrogens with zero attached hydrogens (tertiary/aromatic N) is 3. The van der Waals surface area contributed by atoms with Crippen molar-refractivity contribution in [1.82, 2.24) is 9.80 Å². The molecule has 1 aromatic carbocycles. The van der Waals surface area contributed by atoms with Crippen LogP contribution in [0.1, 0.15) is 22.5 Å². The van der Waals surface area contributed by atoms with Crippen molar-refractivity contribution in [3.8, 4) is 6.07 Å². The van der Waals surface area contributed by atoms with Crippen molar-refractivity contribution in [1.29, 1.82) is 5.26 Å². The Hall–Kier alpha value is -3.11. The summed E-state index contributed by atoms with van der Waals surface area (Å²) in [6.45, 7) is 3.32. The van der Waals surface area contributed by atoms with Gasteiger partial charge < -0.3 is 14.6 Å². The molecule has 134 valence electrons. The lowest BCUT2D eigenvalue weighted by molar-refractivity contribution is -0.116. The first kappa shape index (κ1) is 17.7. The monoisotopic (exact) mass is 352 g/mol. The van der Waals surface area contributed by atoms with E-state index >= 15 is 0 Å². The number of piperazine rings is 1. The van der Waals surface area contributed by atoms with E-state index in [-0.39, 0.29) is 11.8 Å². The molecule has 0 saturated carbocycles. The topological polar surface area (TPSA) is 89.6 Å². The van der Waals surface area contributed by atoms with Crippen LogP contribution in [0.2, 0.25) is 0 Å². The molecule has 0 aliphatic carbocycles. The van der Waals surface area contributed by atoms with Crippen LogP contribution in [-0.2, 0) is 4.79 Å². The number of carbonyl (C=O) groups excluding carboxylic acids is 2. The van der Waals surface area contributed by atoms with E-state index in [2.05, 4.69) is 10.2 Å². The van der Waals surface area contributed by atoms with Crippen LogP contribution in [-0.4, -0.2) is 54.3 Å². The van der Waals surface area contributed by atoms with Gasteiger partial charge in [-0.15, -0.1) is 0 Å². The molecule has 3 rings (SSSR count). The molecule has 1 aliphatic heterocycles. The molecule has 7 heteroatoms. The zero-order valence-electron chi connectivity index (χ0n) is 14.4. The van der Waals surface area contributed by atoms with E-state index in [0.717, 1.165) is 13.1 Å². The van der Waals surface area contributed by atoms with E-state index in [1.807, 2.05) is 6.07 Å². The summed E-state index contributed by atoms with van der Waals surface area (Å²) in [5.74, 6) is 0.177. The van der Waals surface area contributed by atoms with Crippen molar-refractivity contribution in [2.24, 2.45) is 0 Å². The molecule has 26 heavy (non-hydrogen) atoms. The fraction of sp³-hybridized carbons (Fsp3) is 0.316. The van der Waals surface area contributed by atoms with Gasteiger partial charge in [-0.3, -0.25) is 14.5 Å². The molecule has 2 amide bonds. The molecular formula is C19H20N4O3. The standard InChI is InChI=1S/C19H20N4O3/c20-14-15-3-1-4-16(13-15)21-18(24)6-7-22-8-10-23(11-9-22)19(25)17-5-2-12-26-17/h1-5,12-13H,6-11H2,(H,21,24). The highest BCUT2D eigenvalue weighted by Crippen LogP contribution is 2.12. The quantitative estimate of drug-likeness (QED) is 0.888. The van der Waals surface area contributed by atoms with Gasteiger partial charge in [0.25, 0.3) is 5.91 Å². The van der Waals surface area contributed by atoms with Gasteiger partial charge >= 0.3 is 0 Å². The maximum absolute atomic E-state index is 12.2. The maximum Gasteiger partial charge on any atom is 0.289 e. The number of furan rings is 1. The van der Waals surface area contributed by atoms with E-state index in [1.54, 1.807) is 41.3 Å². The highest BCUT2D eigenvalue weighted by molar-refractivity contribution is 5.91. The van der Waals surface area contributed by atoms with Crippen LogP contribution >= 0.6 is 0 Å². The van der Waals surface area contributed by atoms with Gasteiger partial charge in [0.2, 0.25) is 5.91 Å². The molecule has 0 atom stereocenters. The predicted octanol–water partition coefficient (Wildman–Crippen LogP) is 1.94. The summed E-state index contributed by atoms with van der Waals surface area (Å²) in [6, 6.07) is 12.3. The normalized spacial score (nSPS) is 14.7. The summed E-state index contributed by atoms with van der Waals surface area (Å²) in [5, 5.41) is 11.7. The van der Waals surface area contributed by atoms with Crippen LogP contribution in [0, 0.1) is 11.3 Å². The molecule has 1 aromatic heterocycles. The Kier molecular flexibility index (Phi) is 5.66. The van der Waals surface area contributed by atoms with Gasteiger partial charge in [-0.05, 0) is 30.3 Å². The third kappa shape index (κ3) is 4.49. The van der Waals surface area contributed by atoms with E-state index in [9.17, 15) is 9.59 Å². The number of benzene rings is 1. The Bertz CT molecular complexity index is 802. The number of nitriles is 1. The largest absolute Gasteiger partial charge is 0.459 e. The third-order valence-corrected chi connectivity index (χ3v) is 4.32. The van der Waals surface area contributed by atoms with Crippen LogP contribution in [0.25, 0.3) is 0 Å². The fourth-order valence-corrected chi connectivity index (χ4v) is 2.88. The molecule has 1 aliphatic rings. The number of carbonyl (C=O) groups is 2. The van der Waals surface area contributed by atoms with E-state index in [1.165, 1.54) is 6.26 Å². The molecule has 1 N–H and O–H groups in total. The summed E-state index contributed by atoms with van der Waals surface area (Å²) in [4.78, 5) is 28.2. The minimum atomic E-state index is -0.0928. The highest BCUT2D eigenvalue weighted by atomic mass is 16.3. The number of nitrogens with one attached hydrogen (secondary N) is 1. The van der Waals surface area contributed by atoms with Gasteiger partial charge in [-0.2, -0.15) is 5.26 Å². The molecule has 1 fully saturated rings. The second-order valence-corrected chi connectivity index (χ2v) is 6.10. The average Bonchev–Trinajstić information content (AvgIpc) is 3.21. The average molecular weight is 352 g/mol. The van der Waals surface area contributed by atoms with Gasteiger partial charge in [0.15, 0.2) is 5.76 Å². The Morgan fingerprint density at radius 2 is 1.96 bits per heavy atom. The number of hydrogen-bond acceptors (Lipinski definition) is 5. The van der Waals surface area contributed by atoms with Gasteiger partial charge in [0, 0.05) is 44.8 Å². The molecule has 2 heterocycles. The molecule has 1 saturated heterocycles. The van der Waals surface area contributed by atoms with Crippen molar-refractivity contribution >= 4 is 17.5 Å². The van der Waals surface area contributed by atoms with Crippen molar-refractivity contribution < 1.29 is 14.0 Å². The lowest BCUT2D eigenvalue weighted by Crippen LogP contribution is -2.49. The summed E-state index contributed by atoms with van der Waals surface area (Å²) in [5.41, 5.74) is 1.14. The first-order chi connectivity index (χ1) is 12.7. The minimum absolute atomic E-state index is 0.0887. The van der Waals surface area contributed by atoms with Crippen molar-refractivity contribution in [2.75, 3.05) is 38.0 Å². The molecule has 0 bridgehead atoms. The molecular weight excluding hydrogens is 332 g/mol. The Morgan fingerprint density at radius 3 is 2.65 bits per heavy atom. The first-order valence-electron chi connectivity index (χ1n) is 8.51. The van der Waals surface area contributed by atoms with Gasteiger partial charge in [0.05, 0.1) is 17.9 Å². The second-order valence-electron chi connectivity index (χ2n) is 6.10. The predicted molar refractivity (Wildman–Crippen MR) is 95.5 cm³/mol. The number of hydrogen-bond donors (Lipinski definition) is 1.